The van der Waals surface area contributed by atoms with E-state index in [0.29, 0.717) is 6.54 Å². The van der Waals surface area contributed by atoms with Crippen LogP contribution in [0.4, 0.5) is 8.78 Å². The minimum atomic E-state index is -2.44. The van der Waals surface area contributed by atoms with Crippen molar-refractivity contribution in [2.45, 2.75) is 32.7 Å². The van der Waals surface area contributed by atoms with Crippen LogP contribution in [0, 0.1) is 0 Å². The summed E-state index contributed by atoms with van der Waals surface area (Å²) in [6, 6.07) is 0. The van der Waals surface area contributed by atoms with E-state index in [1.807, 2.05) is 20.8 Å². The molecular weight excluding hydrogens is 218 g/mol. The maximum Gasteiger partial charge on any atom is 0.261 e. The van der Waals surface area contributed by atoms with Gasteiger partial charge in [0.15, 0.2) is 0 Å². The number of ether oxygens (including phenoxy) is 1. The van der Waals surface area contributed by atoms with E-state index in [2.05, 4.69) is 15.4 Å². The van der Waals surface area contributed by atoms with Crippen molar-refractivity contribution in [3.63, 3.8) is 0 Å². The van der Waals surface area contributed by atoms with Crippen LogP contribution in [0.15, 0.2) is 0 Å². The first-order valence-electron chi connectivity index (χ1n) is 5.19. The third-order valence-electron chi connectivity index (χ3n) is 1.47. The molecule has 0 unspecified atom stereocenters. The van der Waals surface area contributed by atoms with Crippen LogP contribution in [-0.2, 0) is 9.53 Å². The number of amides is 1. The molecule has 0 radical (unpaired) electrons. The summed E-state index contributed by atoms with van der Waals surface area (Å²) in [5, 5.41) is 5.57. The highest BCUT2D eigenvalue weighted by Crippen LogP contribution is 1.97. The summed E-state index contributed by atoms with van der Waals surface area (Å²) in [6.07, 6.45) is -2.44. The molecule has 96 valence electrons. The van der Waals surface area contributed by atoms with Gasteiger partial charge in [0, 0.05) is 12.1 Å². The van der Waals surface area contributed by atoms with Crippen molar-refractivity contribution in [2.75, 3.05) is 26.3 Å². The number of hydrogen-bond donors (Lipinski definition) is 2. The molecule has 0 aromatic rings. The molecule has 16 heavy (non-hydrogen) atoms. The van der Waals surface area contributed by atoms with E-state index in [1.54, 1.807) is 0 Å². The lowest BCUT2D eigenvalue weighted by Gasteiger charge is -2.20. The third kappa shape index (κ3) is 11.3. The van der Waals surface area contributed by atoms with Crippen LogP contribution in [0.5, 0.6) is 0 Å². The van der Waals surface area contributed by atoms with Gasteiger partial charge in [-0.25, -0.2) is 8.78 Å². The first kappa shape index (κ1) is 15.2. The van der Waals surface area contributed by atoms with Gasteiger partial charge >= 0.3 is 0 Å². The van der Waals surface area contributed by atoms with Gasteiger partial charge in [-0.15, -0.1) is 0 Å². The largest absolute Gasteiger partial charge is 0.374 e. The molecule has 0 aromatic heterocycles. The van der Waals surface area contributed by atoms with Crippen LogP contribution in [-0.4, -0.2) is 44.2 Å². The highest BCUT2D eigenvalue weighted by molar-refractivity contribution is 5.78. The molecule has 0 saturated carbocycles. The van der Waals surface area contributed by atoms with E-state index in [9.17, 15) is 13.6 Å². The number of alkyl halides is 2. The highest BCUT2D eigenvalue weighted by atomic mass is 19.3. The topological polar surface area (TPSA) is 50.4 Å². The summed E-state index contributed by atoms with van der Waals surface area (Å²) < 4.78 is 27.9. The normalized spacial score (nSPS) is 11.9. The van der Waals surface area contributed by atoms with Gasteiger partial charge in [0.25, 0.3) is 6.43 Å². The molecule has 6 heteroatoms. The second kappa shape index (κ2) is 7.51. The Balaban J connectivity index is 3.35. The smallest absolute Gasteiger partial charge is 0.261 e. The Morgan fingerprint density at radius 2 is 2.00 bits per heavy atom. The molecule has 4 nitrogen and oxygen atoms in total. The number of hydrogen-bond acceptors (Lipinski definition) is 3. The lowest BCUT2D eigenvalue weighted by Crippen LogP contribution is -2.45. The van der Waals surface area contributed by atoms with Crippen molar-refractivity contribution in [2.24, 2.45) is 0 Å². The van der Waals surface area contributed by atoms with E-state index < -0.39 is 13.0 Å². The summed E-state index contributed by atoms with van der Waals surface area (Å²) in [4.78, 5) is 11.3. The predicted molar refractivity (Wildman–Crippen MR) is 57.6 cm³/mol. The number of carbonyl (C=O) groups is 1. The van der Waals surface area contributed by atoms with Crippen molar-refractivity contribution < 1.29 is 18.3 Å². The van der Waals surface area contributed by atoms with Crippen molar-refractivity contribution in [3.8, 4) is 0 Å². The Labute approximate surface area is 94.7 Å². The van der Waals surface area contributed by atoms with Crippen molar-refractivity contribution in [1.82, 2.24) is 10.6 Å². The minimum Gasteiger partial charge on any atom is -0.374 e. The first-order chi connectivity index (χ1) is 7.31. The van der Waals surface area contributed by atoms with Crippen LogP contribution in [0.3, 0.4) is 0 Å². The summed E-state index contributed by atoms with van der Waals surface area (Å²) in [7, 11) is 0. The predicted octanol–water partition coefficient (Wildman–Crippen LogP) is 0.772. The summed E-state index contributed by atoms with van der Waals surface area (Å²) >= 11 is 0. The van der Waals surface area contributed by atoms with Gasteiger partial charge in [0.1, 0.15) is 6.61 Å². The van der Waals surface area contributed by atoms with Crippen molar-refractivity contribution in [3.05, 3.63) is 0 Å². The van der Waals surface area contributed by atoms with E-state index in [1.165, 1.54) is 0 Å². The van der Waals surface area contributed by atoms with Gasteiger partial charge in [0.2, 0.25) is 5.91 Å². The molecule has 0 aliphatic carbocycles. The summed E-state index contributed by atoms with van der Waals surface area (Å²) in [6.45, 7) is 5.81. The zero-order valence-corrected chi connectivity index (χ0v) is 9.98. The monoisotopic (exact) mass is 238 g/mol. The highest BCUT2D eigenvalue weighted by Gasteiger charge is 2.12. The van der Waals surface area contributed by atoms with Crippen LogP contribution in [0.1, 0.15) is 20.8 Å². The Morgan fingerprint density at radius 1 is 1.38 bits per heavy atom. The molecule has 2 N–H and O–H groups in total. The molecule has 1 amide bonds. The van der Waals surface area contributed by atoms with E-state index in [4.69, 9.17) is 0 Å². The minimum absolute atomic E-state index is 0.124. The van der Waals surface area contributed by atoms with Gasteiger partial charge in [-0.2, -0.15) is 0 Å². The molecule has 0 aromatic carbocycles. The summed E-state index contributed by atoms with van der Waals surface area (Å²) in [5.41, 5.74) is -0.259. The van der Waals surface area contributed by atoms with E-state index >= 15 is 0 Å². The Morgan fingerprint density at radius 3 is 2.50 bits per heavy atom. The molecule has 0 spiro atoms. The van der Waals surface area contributed by atoms with Crippen LogP contribution in [0.25, 0.3) is 0 Å². The third-order valence-corrected chi connectivity index (χ3v) is 1.47. The molecular formula is C10H20F2N2O2. The molecule has 0 atom stereocenters. The molecule has 0 saturated heterocycles. The maximum absolute atomic E-state index is 11.6. The molecule has 0 aliphatic heterocycles. The average molecular weight is 238 g/mol. The second-order valence-electron chi connectivity index (χ2n) is 4.44. The van der Waals surface area contributed by atoms with E-state index in [-0.39, 0.29) is 24.6 Å². The van der Waals surface area contributed by atoms with E-state index in [0.717, 1.165) is 0 Å². The molecule has 0 bridgehead atoms. The standard InChI is InChI=1S/C10H20F2N2O2/c1-10(2,3)14-9(15)6-13-4-5-16-7-8(11)12/h8,13H,4-7H2,1-3H3,(H,14,15). The van der Waals surface area contributed by atoms with Gasteiger partial charge in [-0.05, 0) is 20.8 Å². The zero-order chi connectivity index (χ0) is 12.6. The lowest BCUT2D eigenvalue weighted by atomic mass is 10.1. The first-order valence-corrected chi connectivity index (χ1v) is 5.19. The molecule has 0 rings (SSSR count). The summed E-state index contributed by atoms with van der Waals surface area (Å²) in [5.74, 6) is -0.124. The maximum atomic E-state index is 11.6. The number of rotatable bonds is 7. The molecule has 0 aliphatic rings. The van der Waals surface area contributed by atoms with Gasteiger partial charge in [0.05, 0.1) is 13.2 Å². The van der Waals surface area contributed by atoms with Crippen LogP contribution < -0.4 is 10.6 Å². The average Bonchev–Trinajstić information content (AvgIpc) is 2.07. The SMILES string of the molecule is CC(C)(C)NC(=O)CNCCOCC(F)F. The Bertz CT molecular complexity index is 205. The molecule has 0 fully saturated rings. The van der Waals surface area contributed by atoms with Gasteiger partial charge < -0.3 is 15.4 Å². The zero-order valence-electron chi connectivity index (χ0n) is 9.98. The van der Waals surface area contributed by atoms with Crippen LogP contribution in [0.2, 0.25) is 0 Å². The Hall–Kier alpha value is -0.750. The second-order valence-corrected chi connectivity index (χ2v) is 4.44. The number of carbonyl (C=O) groups excluding carboxylic acids is 1. The molecule has 0 heterocycles. The number of nitrogens with one attached hydrogen (secondary N) is 2. The fraction of sp³-hybridized carbons (Fsp3) is 0.900. The van der Waals surface area contributed by atoms with Crippen LogP contribution >= 0.6 is 0 Å². The quantitative estimate of drug-likeness (QED) is 0.644. The van der Waals surface area contributed by atoms with Gasteiger partial charge in [-0.1, -0.05) is 0 Å². The van der Waals surface area contributed by atoms with Crippen molar-refractivity contribution in [1.29, 1.82) is 0 Å². The lowest BCUT2D eigenvalue weighted by molar-refractivity contribution is -0.121. The fourth-order valence-corrected chi connectivity index (χ4v) is 0.981. The van der Waals surface area contributed by atoms with Gasteiger partial charge in [-0.3, -0.25) is 4.79 Å². The fourth-order valence-electron chi connectivity index (χ4n) is 0.981. The number of halogens is 2. The van der Waals surface area contributed by atoms with Crippen molar-refractivity contribution >= 4 is 5.91 Å². The Kier molecular flexibility index (Phi) is 7.16.